The molecule has 0 saturated heterocycles. The molecule has 0 fully saturated rings. The fraction of sp³-hybridized carbons (Fsp3) is 0.118. The van der Waals surface area contributed by atoms with E-state index < -0.39 is 5.63 Å². The van der Waals surface area contributed by atoms with Gasteiger partial charge in [0.05, 0.1) is 21.6 Å². The topological polar surface area (TPSA) is 60.2 Å². The smallest absolute Gasteiger partial charge is 0.345 e. The Bertz CT molecular complexity index is 1030. The average molecular weight is 312 g/mol. The lowest BCUT2D eigenvalue weighted by Gasteiger charge is -2.16. The molecule has 0 atom stereocenters. The van der Waals surface area contributed by atoms with Gasteiger partial charge in [-0.3, -0.25) is 9.78 Å². The largest absolute Gasteiger partial charge is 0.422 e. The number of carbonyl (C=O) groups excluding carboxylic acids is 1. The molecule has 2 aromatic heterocycles. The van der Waals surface area contributed by atoms with E-state index in [2.05, 4.69) is 4.98 Å². The fourth-order valence-electron chi connectivity index (χ4n) is 2.85. The first-order valence-electron chi connectivity index (χ1n) is 6.88. The summed E-state index contributed by atoms with van der Waals surface area (Å²) in [6, 6.07) is 8.98. The van der Waals surface area contributed by atoms with Crippen LogP contribution in [0.2, 0.25) is 0 Å². The number of aryl methyl sites for hydroxylation is 1. The quantitative estimate of drug-likeness (QED) is 0.392. The zero-order chi connectivity index (χ0) is 15.3. The van der Waals surface area contributed by atoms with Gasteiger partial charge in [0.25, 0.3) is 0 Å². The molecule has 0 saturated carbocycles. The Morgan fingerprint density at radius 1 is 1.18 bits per heavy atom. The number of hydrogen-bond acceptors (Lipinski definition) is 4. The second-order valence-corrected chi connectivity index (χ2v) is 5.60. The second kappa shape index (κ2) is 4.78. The zero-order valence-corrected chi connectivity index (χ0v) is 12.2. The van der Waals surface area contributed by atoms with E-state index in [4.69, 9.17) is 16.0 Å². The predicted octanol–water partition coefficient (Wildman–Crippen LogP) is 3.44. The predicted molar refractivity (Wildman–Crippen MR) is 84.9 cm³/mol. The highest BCUT2D eigenvalue weighted by Gasteiger charge is 2.21. The van der Waals surface area contributed by atoms with Gasteiger partial charge in [-0.1, -0.05) is 23.7 Å². The molecule has 3 aromatic rings. The van der Waals surface area contributed by atoms with Crippen LogP contribution < -0.4 is 5.63 Å². The summed E-state index contributed by atoms with van der Waals surface area (Å²) in [5.41, 5.74) is 2.67. The number of rotatable bonds is 1. The first-order valence-corrected chi connectivity index (χ1v) is 7.26. The third-order valence-electron chi connectivity index (χ3n) is 3.96. The van der Waals surface area contributed by atoms with Gasteiger partial charge in [-0.05, 0) is 31.0 Å². The van der Waals surface area contributed by atoms with Crippen molar-refractivity contribution in [2.45, 2.75) is 12.8 Å². The van der Waals surface area contributed by atoms with E-state index in [1.165, 1.54) is 0 Å². The number of aldehydes is 1. The molecule has 0 spiro atoms. The highest BCUT2D eigenvalue weighted by molar-refractivity contribution is 6.51. The van der Waals surface area contributed by atoms with Gasteiger partial charge in [0, 0.05) is 16.5 Å². The van der Waals surface area contributed by atoms with E-state index in [0.717, 1.165) is 17.4 Å². The van der Waals surface area contributed by atoms with Crippen LogP contribution >= 0.6 is 11.6 Å². The first kappa shape index (κ1) is 13.2. The second-order valence-electron chi connectivity index (χ2n) is 5.22. The molecular weight excluding hydrogens is 302 g/mol. The van der Waals surface area contributed by atoms with Crippen molar-refractivity contribution in [2.24, 2.45) is 0 Å². The summed E-state index contributed by atoms with van der Waals surface area (Å²) in [5.74, 6) is 0. The lowest BCUT2D eigenvalue weighted by molar-refractivity contribution is -0.105. The van der Waals surface area contributed by atoms with Crippen molar-refractivity contribution in [3.05, 3.63) is 57.6 Å². The number of para-hydroxylation sites is 1. The molecule has 0 N–H and O–H groups in total. The van der Waals surface area contributed by atoms with E-state index in [1.807, 2.05) is 18.2 Å². The van der Waals surface area contributed by atoms with Crippen molar-refractivity contribution in [2.75, 3.05) is 0 Å². The highest BCUT2D eigenvalue weighted by atomic mass is 35.5. The summed E-state index contributed by atoms with van der Waals surface area (Å²) in [4.78, 5) is 27.9. The van der Waals surface area contributed by atoms with E-state index in [0.29, 0.717) is 45.5 Å². The van der Waals surface area contributed by atoms with Crippen LogP contribution in [0, 0.1) is 0 Å². The molecule has 1 aromatic carbocycles. The zero-order valence-electron chi connectivity index (χ0n) is 11.4. The van der Waals surface area contributed by atoms with E-state index >= 15 is 0 Å². The molecule has 0 aliphatic heterocycles. The van der Waals surface area contributed by atoms with Crippen LogP contribution in [0.1, 0.15) is 17.7 Å². The van der Waals surface area contributed by atoms with Crippen molar-refractivity contribution in [3.8, 4) is 0 Å². The number of pyridine rings is 1. The lowest BCUT2D eigenvalue weighted by atomic mass is 9.95. The number of halogens is 1. The van der Waals surface area contributed by atoms with Crippen LogP contribution in [0.25, 0.3) is 26.9 Å². The number of hydrogen-bond donors (Lipinski definition) is 0. The number of carbonyl (C=O) groups is 1. The number of benzene rings is 1. The van der Waals surface area contributed by atoms with Gasteiger partial charge in [0.1, 0.15) is 11.9 Å². The Labute approximate surface area is 130 Å². The lowest BCUT2D eigenvalue weighted by Crippen LogP contribution is -2.09. The maximum atomic E-state index is 12.2. The van der Waals surface area contributed by atoms with Gasteiger partial charge in [0.2, 0.25) is 0 Å². The number of nitrogens with zero attached hydrogens (tertiary/aromatic N) is 1. The third-order valence-corrected chi connectivity index (χ3v) is 4.40. The van der Waals surface area contributed by atoms with Crippen molar-refractivity contribution >= 4 is 44.8 Å². The summed E-state index contributed by atoms with van der Waals surface area (Å²) in [5, 5.41) is 1.54. The fourth-order valence-corrected chi connectivity index (χ4v) is 3.15. The summed E-state index contributed by atoms with van der Waals surface area (Å²) < 4.78 is 5.33. The van der Waals surface area contributed by atoms with E-state index in [9.17, 15) is 9.59 Å². The van der Waals surface area contributed by atoms with Gasteiger partial charge in [-0.15, -0.1) is 0 Å². The molecule has 108 valence electrons. The minimum absolute atomic E-state index is 0.373. The minimum atomic E-state index is -0.452. The van der Waals surface area contributed by atoms with Crippen molar-refractivity contribution in [3.63, 3.8) is 0 Å². The van der Waals surface area contributed by atoms with Gasteiger partial charge in [-0.2, -0.15) is 0 Å². The molecule has 0 unspecified atom stereocenters. The van der Waals surface area contributed by atoms with Crippen LogP contribution in [-0.4, -0.2) is 11.3 Å². The first-order chi connectivity index (χ1) is 10.7. The molecule has 5 heteroatoms. The summed E-state index contributed by atoms with van der Waals surface area (Å²) >= 11 is 6.26. The molecule has 1 aliphatic rings. The molecule has 0 bridgehead atoms. The highest BCUT2D eigenvalue weighted by Crippen LogP contribution is 2.34. The molecular formula is C17H10ClNO3. The molecule has 22 heavy (non-hydrogen) atoms. The Hall–Kier alpha value is -2.46. The monoisotopic (exact) mass is 311 g/mol. The van der Waals surface area contributed by atoms with Gasteiger partial charge >= 0.3 is 5.63 Å². The number of aromatic nitrogens is 1. The number of fused-ring (bicyclic) bond motifs is 4. The molecule has 2 heterocycles. The summed E-state index contributed by atoms with van der Waals surface area (Å²) in [6.07, 6.45) is 1.95. The van der Waals surface area contributed by atoms with Gasteiger partial charge in [0.15, 0.2) is 0 Å². The van der Waals surface area contributed by atoms with Crippen LogP contribution in [0.3, 0.4) is 0 Å². The summed E-state index contributed by atoms with van der Waals surface area (Å²) in [7, 11) is 0. The Morgan fingerprint density at radius 2 is 2.00 bits per heavy atom. The van der Waals surface area contributed by atoms with Crippen LogP contribution in [-0.2, 0) is 11.2 Å². The van der Waals surface area contributed by atoms with E-state index in [-0.39, 0.29) is 0 Å². The van der Waals surface area contributed by atoms with Crippen LogP contribution in [0.5, 0.6) is 0 Å². The van der Waals surface area contributed by atoms with Crippen molar-refractivity contribution < 1.29 is 9.21 Å². The normalized spacial score (nSPS) is 14.4. The van der Waals surface area contributed by atoms with Crippen LogP contribution in [0.4, 0.5) is 0 Å². The minimum Gasteiger partial charge on any atom is -0.422 e. The van der Waals surface area contributed by atoms with Crippen molar-refractivity contribution in [1.29, 1.82) is 0 Å². The maximum Gasteiger partial charge on any atom is 0.345 e. The number of allylic oxidation sites excluding steroid dienone is 1. The average Bonchev–Trinajstić information content (AvgIpc) is 2.54. The molecule has 4 nitrogen and oxygen atoms in total. The standard InChI is InChI=1S/C17H10ClNO3/c18-15-9(8-20)5-6-13-11(15)7-12-16(19-13)10-3-1-2-4-14(10)22-17(12)21/h1-4,7-8H,5-6H2. The maximum absolute atomic E-state index is 12.2. The molecule has 4 rings (SSSR count). The molecule has 0 amide bonds. The Kier molecular flexibility index (Phi) is 2.87. The third kappa shape index (κ3) is 1.81. The van der Waals surface area contributed by atoms with Gasteiger partial charge in [-0.25, -0.2) is 4.79 Å². The SMILES string of the molecule is O=CC1=C(Cl)c2cc3c(=O)oc4ccccc4c3nc2CC1. The van der Waals surface area contributed by atoms with Crippen LogP contribution in [0.15, 0.2) is 45.1 Å². The van der Waals surface area contributed by atoms with E-state index in [1.54, 1.807) is 12.1 Å². The van der Waals surface area contributed by atoms with Gasteiger partial charge < -0.3 is 4.42 Å². The Balaban J connectivity index is 2.15. The molecule has 0 radical (unpaired) electrons. The Morgan fingerprint density at radius 3 is 2.82 bits per heavy atom. The summed E-state index contributed by atoms with van der Waals surface area (Å²) in [6.45, 7) is 0. The molecule has 1 aliphatic carbocycles. The van der Waals surface area contributed by atoms with Crippen molar-refractivity contribution in [1.82, 2.24) is 4.98 Å².